The normalized spacial score (nSPS) is 10.7. The second-order valence-corrected chi connectivity index (χ2v) is 4.83. The van der Waals surface area contributed by atoms with Gasteiger partial charge in [0.1, 0.15) is 0 Å². The van der Waals surface area contributed by atoms with Gasteiger partial charge in [0.25, 0.3) is 5.95 Å². The van der Waals surface area contributed by atoms with Gasteiger partial charge in [0, 0.05) is 11.6 Å². The zero-order valence-corrected chi connectivity index (χ0v) is 11.4. The van der Waals surface area contributed by atoms with Crippen LogP contribution in [0.4, 0.5) is 0 Å². The summed E-state index contributed by atoms with van der Waals surface area (Å²) in [6.45, 7) is 2.00. The summed E-state index contributed by atoms with van der Waals surface area (Å²) < 4.78 is 4.78. The molecular weight excluding hydrogens is 266 g/mol. The maximum Gasteiger partial charge on any atom is 0.346 e. The lowest BCUT2D eigenvalue weighted by atomic mass is 9.97. The third-order valence-electron chi connectivity index (χ3n) is 3.55. The van der Waals surface area contributed by atoms with Crippen LogP contribution < -0.4 is 5.63 Å². The predicted molar refractivity (Wildman–Crippen MR) is 82.2 cm³/mol. The smallest absolute Gasteiger partial charge is 0.346 e. The predicted octanol–water partition coefficient (Wildman–Crippen LogP) is 3.47. The van der Waals surface area contributed by atoms with Crippen LogP contribution in [0.1, 0.15) is 11.1 Å². The Hall–Kier alpha value is -2.88. The van der Waals surface area contributed by atoms with Crippen molar-refractivity contribution in [1.29, 1.82) is 5.41 Å². The zero-order chi connectivity index (χ0) is 15.0. The van der Waals surface area contributed by atoms with E-state index in [-0.39, 0.29) is 5.56 Å². The molecule has 3 rings (SSSR count). The lowest BCUT2D eigenvalue weighted by Gasteiger charge is -2.08. The third-order valence-corrected chi connectivity index (χ3v) is 3.55. The Labute approximate surface area is 120 Å². The van der Waals surface area contributed by atoms with Gasteiger partial charge < -0.3 is 14.9 Å². The van der Waals surface area contributed by atoms with E-state index in [1.54, 1.807) is 12.1 Å². The quantitative estimate of drug-likeness (QED) is 0.705. The molecule has 1 heterocycles. The topological polar surface area (TPSA) is 74.3 Å². The van der Waals surface area contributed by atoms with E-state index in [9.17, 15) is 9.90 Å². The molecule has 0 saturated carbocycles. The van der Waals surface area contributed by atoms with E-state index in [4.69, 9.17) is 9.83 Å². The first kappa shape index (κ1) is 13.1. The summed E-state index contributed by atoms with van der Waals surface area (Å²) in [6.07, 6.45) is 0.980. The number of benzene rings is 2. The van der Waals surface area contributed by atoms with Crippen LogP contribution in [0.15, 0.2) is 51.7 Å². The molecule has 0 bridgehead atoms. The fourth-order valence-corrected chi connectivity index (χ4v) is 2.46. The average molecular weight is 279 g/mol. The minimum absolute atomic E-state index is 0.209. The van der Waals surface area contributed by atoms with Gasteiger partial charge in [0.2, 0.25) is 0 Å². The molecule has 0 spiro atoms. The highest BCUT2D eigenvalue weighted by molar-refractivity contribution is 6.01. The lowest BCUT2D eigenvalue weighted by Crippen LogP contribution is -2.02. The van der Waals surface area contributed by atoms with Crippen LogP contribution in [0.5, 0.6) is 5.95 Å². The van der Waals surface area contributed by atoms with Gasteiger partial charge in [-0.05, 0) is 29.7 Å². The number of fused-ring (bicyclic) bond motifs is 1. The Bertz CT molecular complexity index is 910. The fraction of sp³-hybridized carbons (Fsp3) is 0.0588. The molecule has 0 aliphatic carbocycles. The van der Waals surface area contributed by atoms with Crippen molar-refractivity contribution in [3.8, 4) is 17.1 Å². The third kappa shape index (κ3) is 2.10. The fourth-order valence-electron chi connectivity index (χ4n) is 2.46. The van der Waals surface area contributed by atoms with Gasteiger partial charge in [-0.1, -0.05) is 36.4 Å². The van der Waals surface area contributed by atoms with Crippen LogP contribution >= 0.6 is 0 Å². The highest BCUT2D eigenvalue weighted by atomic mass is 16.5. The molecule has 0 fully saturated rings. The van der Waals surface area contributed by atoms with Crippen molar-refractivity contribution in [2.75, 3.05) is 0 Å². The Morgan fingerprint density at radius 1 is 1.14 bits per heavy atom. The van der Waals surface area contributed by atoms with Crippen molar-refractivity contribution in [1.82, 2.24) is 0 Å². The van der Waals surface area contributed by atoms with Crippen molar-refractivity contribution in [3.05, 3.63) is 64.0 Å². The summed E-state index contributed by atoms with van der Waals surface area (Å²) in [6, 6.07) is 13.2. The molecule has 0 radical (unpaired) electrons. The Morgan fingerprint density at radius 2 is 1.90 bits per heavy atom. The van der Waals surface area contributed by atoms with Crippen LogP contribution in [0.25, 0.3) is 21.9 Å². The number of hydrogen-bond donors (Lipinski definition) is 2. The summed E-state index contributed by atoms with van der Waals surface area (Å²) in [4.78, 5) is 11.9. The largest absolute Gasteiger partial charge is 0.480 e. The minimum atomic E-state index is -0.608. The molecule has 3 aromatic rings. The number of aryl methyl sites for hydroxylation is 1. The second kappa shape index (κ2) is 4.90. The van der Waals surface area contributed by atoms with Crippen LogP contribution in [0, 0.1) is 12.3 Å². The number of aromatic hydroxyl groups is 1. The van der Waals surface area contributed by atoms with E-state index in [2.05, 4.69) is 0 Å². The summed E-state index contributed by atoms with van der Waals surface area (Å²) in [7, 11) is 0. The van der Waals surface area contributed by atoms with Gasteiger partial charge in [0.05, 0.1) is 10.9 Å². The molecule has 0 aliphatic rings. The minimum Gasteiger partial charge on any atom is -0.480 e. The van der Waals surface area contributed by atoms with Crippen molar-refractivity contribution >= 4 is 17.0 Å². The first-order chi connectivity index (χ1) is 10.1. The summed E-state index contributed by atoms with van der Waals surface area (Å²) in [5, 5.41) is 17.8. The molecule has 0 amide bonds. The molecule has 0 unspecified atom stereocenters. The molecule has 0 atom stereocenters. The summed E-state index contributed by atoms with van der Waals surface area (Å²) in [5.41, 5.74) is 2.63. The van der Waals surface area contributed by atoms with Crippen molar-refractivity contribution in [3.63, 3.8) is 0 Å². The first-order valence-electron chi connectivity index (χ1n) is 6.48. The molecule has 4 heteroatoms. The maximum atomic E-state index is 11.9. The van der Waals surface area contributed by atoms with Crippen LogP contribution in [0.2, 0.25) is 0 Å². The molecule has 1 aromatic heterocycles. The average Bonchev–Trinajstić information content (AvgIpc) is 2.48. The molecular formula is C17H13NO3. The van der Waals surface area contributed by atoms with E-state index in [1.807, 2.05) is 37.3 Å². The van der Waals surface area contributed by atoms with E-state index < -0.39 is 11.6 Å². The summed E-state index contributed by atoms with van der Waals surface area (Å²) >= 11 is 0. The van der Waals surface area contributed by atoms with Crippen molar-refractivity contribution in [2.45, 2.75) is 6.92 Å². The van der Waals surface area contributed by atoms with Crippen LogP contribution in [-0.2, 0) is 0 Å². The van der Waals surface area contributed by atoms with Crippen molar-refractivity contribution < 1.29 is 9.52 Å². The lowest BCUT2D eigenvalue weighted by molar-refractivity contribution is 0.312. The highest BCUT2D eigenvalue weighted by Crippen LogP contribution is 2.29. The molecule has 2 aromatic carbocycles. The molecule has 104 valence electrons. The number of nitrogens with one attached hydrogen (secondary N) is 1. The monoisotopic (exact) mass is 279 g/mol. The van der Waals surface area contributed by atoms with Crippen molar-refractivity contribution in [2.24, 2.45) is 0 Å². The van der Waals surface area contributed by atoms with Gasteiger partial charge in [-0.2, -0.15) is 0 Å². The number of hydrogen-bond acceptors (Lipinski definition) is 4. The Balaban J connectivity index is 2.34. The van der Waals surface area contributed by atoms with Crippen LogP contribution in [-0.4, -0.2) is 11.3 Å². The SMILES string of the molecule is Cc1ccccc1-c1ccc2c(C=N)c(O)oc(=O)c2c1. The molecule has 2 N–H and O–H groups in total. The Kier molecular flexibility index (Phi) is 3.06. The van der Waals surface area contributed by atoms with Crippen LogP contribution in [0.3, 0.4) is 0 Å². The molecule has 0 aliphatic heterocycles. The highest BCUT2D eigenvalue weighted by Gasteiger charge is 2.12. The van der Waals surface area contributed by atoms with E-state index in [0.29, 0.717) is 10.8 Å². The molecule has 0 saturated heterocycles. The van der Waals surface area contributed by atoms with Gasteiger partial charge in [-0.25, -0.2) is 4.79 Å². The number of rotatable bonds is 2. The standard InChI is InChI=1S/C17H13NO3/c1-10-4-2-3-5-12(10)11-6-7-13-14(8-11)16(19)21-17(20)15(13)9-18/h2-9,18,20H,1H3. The first-order valence-corrected chi connectivity index (χ1v) is 6.48. The summed E-state index contributed by atoms with van der Waals surface area (Å²) in [5.74, 6) is -0.522. The van der Waals surface area contributed by atoms with Gasteiger partial charge >= 0.3 is 5.63 Å². The Morgan fingerprint density at radius 3 is 2.62 bits per heavy atom. The van der Waals surface area contributed by atoms with E-state index >= 15 is 0 Å². The zero-order valence-electron chi connectivity index (χ0n) is 11.4. The van der Waals surface area contributed by atoms with E-state index in [0.717, 1.165) is 22.9 Å². The second-order valence-electron chi connectivity index (χ2n) is 4.83. The molecule has 4 nitrogen and oxygen atoms in total. The van der Waals surface area contributed by atoms with E-state index in [1.165, 1.54) is 0 Å². The molecule has 21 heavy (non-hydrogen) atoms. The van der Waals surface area contributed by atoms with Gasteiger partial charge in [-0.3, -0.25) is 0 Å². The van der Waals surface area contributed by atoms with Gasteiger partial charge in [0.15, 0.2) is 0 Å². The van der Waals surface area contributed by atoms with Gasteiger partial charge in [-0.15, -0.1) is 0 Å². The maximum absolute atomic E-state index is 11.9.